The van der Waals surface area contributed by atoms with Crippen molar-refractivity contribution in [3.05, 3.63) is 77.9 Å². The van der Waals surface area contributed by atoms with Gasteiger partial charge in [-0.2, -0.15) is 0 Å². The van der Waals surface area contributed by atoms with E-state index in [1.165, 1.54) is 5.56 Å². The van der Waals surface area contributed by atoms with Crippen molar-refractivity contribution in [2.24, 2.45) is 0 Å². The third kappa shape index (κ3) is 3.93. The number of carbonyl (C=O) groups excluding carboxylic acids is 1. The highest BCUT2D eigenvalue weighted by atomic mass is 16.2. The number of hydrogen-bond donors (Lipinski definition) is 1. The Morgan fingerprint density at radius 2 is 1.80 bits per heavy atom. The first-order valence-corrected chi connectivity index (χ1v) is 12.2. The van der Waals surface area contributed by atoms with Crippen molar-refractivity contribution in [1.82, 2.24) is 29.2 Å². The third-order valence-electron chi connectivity index (χ3n) is 7.22. The number of benzene rings is 1. The number of aromatic nitrogens is 4. The Bertz CT molecular complexity index is 1370. The van der Waals surface area contributed by atoms with Crippen LogP contribution in [0.2, 0.25) is 0 Å². The first-order chi connectivity index (χ1) is 17.1. The lowest BCUT2D eigenvalue weighted by Crippen LogP contribution is -2.55. The second-order valence-corrected chi connectivity index (χ2v) is 9.51. The number of pyridine rings is 1. The average Bonchev–Trinajstić information content (AvgIpc) is 3.38. The molecule has 3 aromatic heterocycles. The Hall–Kier alpha value is -3.78. The number of piperazine rings is 1. The topological polar surface area (TPSA) is 78.7 Å². The van der Waals surface area contributed by atoms with E-state index in [4.69, 9.17) is 4.98 Å². The Morgan fingerprint density at radius 1 is 1.03 bits per heavy atom. The van der Waals surface area contributed by atoms with E-state index >= 15 is 0 Å². The molecule has 2 saturated heterocycles. The summed E-state index contributed by atoms with van der Waals surface area (Å²) in [5.41, 5.74) is 4.95. The van der Waals surface area contributed by atoms with E-state index in [0.29, 0.717) is 17.3 Å². The highest BCUT2D eigenvalue weighted by Crippen LogP contribution is 2.33. The van der Waals surface area contributed by atoms with Gasteiger partial charge in [-0.15, -0.1) is 0 Å². The number of amides is 1. The largest absolute Gasteiger partial charge is 0.373 e. The molecule has 35 heavy (non-hydrogen) atoms. The Kier molecular flexibility index (Phi) is 5.45. The zero-order valence-corrected chi connectivity index (χ0v) is 20.1. The number of nitrogens with one attached hydrogen (secondary N) is 1. The summed E-state index contributed by atoms with van der Waals surface area (Å²) in [4.78, 5) is 31.8. The van der Waals surface area contributed by atoms with E-state index in [0.717, 1.165) is 49.4 Å². The molecule has 6 rings (SSSR count). The number of rotatable bonds is 5. The van der Waals surface area contributed by atoms with Gasteiger partial charge < -0.3 is 10.2 Å². The van der Waals surface area contributed by atoms with Crippen molar-refractivity contribution in [3.8, 4) is 11.3 Å². The second kappa shape index (κ2) is 8.78. The minimum absolute atomic E-state index is 0.0357. The van der Waals surface area contributed by atoms with Crippen molar-refractivity contribution in [2.75, 3.05) is 25.5 Å². The SMILES string of the molecule is CNc1cccc(C(=O)N2C3CCC2CN(Cc2c(-c4ccc(C)cc4)nc4ncccn24)C3)n1. The van der Waals surface area contributed by atoms with Crippen LogP contribution in [-0.2, 0) is 6.54 Å². The van der Waals surface area contributed by atoms with Crippen LogP contribution in [0.4, 0.5) is 5.82 Å². The summed E-state index contributed by atoms with van der Waals surface area (Å²) in [6, 6.07) is 16.4. The van der Waals surface area contributed by atoms with E-state index in [-0.39, 0.29) is 18.0 Å². The monoisotopic (exact) mass is 467 g/mol. The zero-order valence-electron chi connectivity index (χ0n) is 20.1. The molecule has 2 unspecified atom stereocenters. The molecule has 1 amide bonds. The summed E-state index contributed by atoms with van der Waals surface area (Å²) in [6.07, 6.45) is 5.88. The van der Waals surface area contributed by atoms with Crippen molar-refractivity contribution in [3.63, 3.8) is 0 Å². The number of likely N-dealkylation sites (tertiary alicyclic amines) is 1. The summed E-state index contributed by atoms with van der Waals surface area (Å²) >= 11 is 0. The number of nitrogens with zero attached hydrogens (tertiary/aromatic N) is 6. The molecule has 0 radical (unpaired) electrons. The van der Waals surface area contributed by atoms with Gasteiger partial charge in [0.05, 0.1) is 11.4 Å². The van der Waals surface area contributed by atoms with Crippen molar-refractivity contribution in [1.29, 1.82) is 0 Å². The van der Waals surface area contributed by atoms with Crippen molar-refractivity contribution in [2.45, 2.75) is 38.4 Å². The molecule has 5 heterocycles. The minimum Gasteiger partial charge on any atom is -0.373 e. The molecule has 2 fully saturated rings. The fourth-order valence-electron chi connectivity index (χ4n) is 5.52. The molecule has 8 heteroatoms. The molecule has 2 aliphatic heterocycles. The predicted molar refractivity (Wildman–Crippen MR) is 135 cm³/mol. The van der Waals surface area contributed by atoms with E-state index in [1.807, 2.05) is 37.5 Å². The Morgan fingerprint density at radius 3 is 2.54 bits per heavy atom. The first kappa shape index (κ1) is 21.7. The quantitative estimate of drug-likeness (QED) is 0.483. The molecule has 2 aliphatic rings. The van der Waals surface area contributed by atoms with Gasteiger partial charge in [0.2, 0.25) is 5.78 Å². The van der Waals surface area contributed by atoms with Gasteiger partial charge >= 0.3 is 0 Å². The van der Waals surface area contributed by atoms with Gasteiger partial charge in [-0.25, -0.2) is 15.0 Å². The number of aryl methyl sites for hydroxylation is 1. The summed E-state index contributed by atoms with van der Waals surface area (Å²) in [5.74, 6) is 1.46. The normalized spacial score (nSPS) is 19.9. The summed E-state index contributed by atoms with van der Waals surface area (Å²) in [5, 5.41) is 3.03. The number of imidazole rings is 1. The molecule has 1 N–H and O–H groups in total. The smallest absolute Gasteiger partial charge is 0.273 e. The van der Waals surface area contributed by atoms with Crippen molar-refractivity contribution >= 4 is 17.5 Å². The molecule has 4 aromatic rings. The second-order valence-electron chi connectivity index (χ2n) is 9.51. The van der Waals surface area contributed by atoms with E-state index < -0.39 is 0 Å². The van der Waals surface area contributed by atoms with Gasteiger partial charge in [0.25, 0.3) is 5.91 Å². The fourth-order valence-corrected chi connectivity index (χ4v) is 5.52. The Labute approximate surface area is 204 Å². The first-order valence-electron chi connectivity index (χ1n) is 12.2. The van der Waals surface area contributed by atoms with Crippen LogP contribution in [-0.4, -0.2) is 67.3 Å². The highest BCUT2D eigenvalue weighted by molar-refractivity contribution is 5.93. The summed E-state index contributed by atoms with van der Waals surface area (Å²) in [6.45, 7) is 4.54. The molecule has 0 spiro atoms. The lowest BCUT2D eigenvalue weighted by molar-refractivity contribution is 0.0397. The molecule has 2 atom stereocenters. The maximum absolute atomic E-state index is 13.4. The molecular weight excluding hydrogens is 438 g/mol. The number of fused-ring (bicyclic) bond motifs is 3. The molecule has 178 valence electrons. The maximum Gasteiger partial charge on any atom is 0.273 e. The number of anilines is 1. The molecule has 0 aliphatic carbocycles. The number of carbonyl (C=O) groups is 1. The average molecular weight is 468 g/mol. The minimum atomic E-state index is 0.0357. The van der Waals surface area contributed by atoms with Gasteiger partial charge in [0, 0.05) is 56.7 Å². The number of hydrogen-bond acceptors (Lipinski definition) is 6. The third-order valence-corrected chi connectivity index (χ3v) is 7.22. The van der Waals surface area contributed by atoms with Gasteiger partial charge in [0.15, 0.2) is 0 Å². The van der Waals surface area contributed by atoms with Gasteiger partial charge in [-0.3, -0.25) is 14.1 Å². The lowest BCUT2D eigenvalue weighted by atomic mass is 10.1. The molecular formula is C27H29N7O. The van der Waals surface area contributed by atoms with Crippen LogP contribution in [0.15, 0.2) is 60.9 Å². The van der Waals surface area contributed by atoms with Crippen LogP contribution in [0.25, 0.3) is 17.0 Å². The van der Waals surface area contributed by atoms with Crippen molar-refractivity contribution < 1.29 is 4.79 Å². The predicted octanol–water partition coefficient (Wildman–Crippen LogP) is 3.63. The fraction of sp³-hybridized carbons (Fsp3) is 0.333. The van der Waals surface area contributed by atoms with E-state index in [1.54, 1.807) is 6.20 Å². The van der Waals surface area contributed by atoms with Crippen LogP contribution in [0.5, 0.6) is 0 Å². The standard InChI is InChI=1S/C27H29N7O/c1-18-7-9-19(10-8-18)25-23(33-14-4-13-29-27(33)31-25)17-32-15-20-11-12-21(16-32)34(20)26(35)22-5-3-6-24(28-2)30-22/h3-10,13-14,20-21H,11-12,15-17H2,1-2H3,(H,28,30). The van der Waals surface area contributed by atoms with Crippen LogP contribution in [0.3, 0.4) is 0 Å². The van der Waals surface area contributed by atoms with E-state index in [2.05, 4.69) is 60.7 Å². The molecule has 8 nitrogen and oxygen atoms in total. The molecule has 0 saturated carbocycles. The van der Waals surface area contributed by atoms with Crippen LogP contribution in [0, 0.1) is 6.92 Å². The molecule has 2 bridgehead atoms. The summed E-state index contributed by atoms with van der Waals surface area (Å²) in [7, 11) is 1.82. The van der Waals surface area contributed by atoms with Gasteiger partial charge in [-0.1, -0.05) is 35.9 Å². The van der Waals surface area contributed by atoms with E-state index in [9.17, 15) is 4.79 Å². The summed E-state index contributed by atoms with van der Waals surface area (Å²) < 4.78 is 2.10. The lowest BCUT2D eigenvalue weighted by Gasteiger charge is -2.41. The zero-order chi connectivity index (χ0) is 23.9. The maximum atomic E-state index is 13.4. The van der Waals surface area contributed by atoms with Crippen LogP contribution in [0.1, 0.15) is 34.6 Å². The highest BCUT2D eigenvalue weighted by Gasteiger charge is 2.43. The van der Waals surface area contributed by atoms with Crippen LogP contribution < -0.4 is 5.32 Å². The van der Waals surface area contributed by atoms with Gasteiger partial charge in [-0.05, 0) is 38.0 Å². The molecule has 1 aromatic carbocycles. The van der Waals surface area contributed by atoms with Gasteiger partial charge in [0.1, 0.15) is 11.5 Å². The Balaban J connectivity index is 1.27. The van der Waals surface area contributed by atoms with Crippen LogP contribution >= 0.6 is 0 Å².